The van der Waals surface area contributed by atoms with Crippen LogP contribution in [0.1, 0.15) is 23.2 Å². The molecule has 1 atom stereocenters. The third-order valence-corrected chi connectivity index (χ3v) is 5.40. The minimum Gasteiger partial charge on any atom is -0.497 e. The maximum Gasteiger partial charge on any atom is 0.259 e. The number of ether oxygens (including phenoxy) is 1. The fourth-order valence-corrected chi connectivity index (χ4v) is 3.80. The topological polar surface area (TPSA) is 92.3 Å². The van der Waals surface area contributed by atoms with Crippen molar-refractivity contribution in [3.63, 3.8) is 0 Å². The van der Waals surface area contributed by atoms with E-state index < -0.39 is 0 Å². The molecule has 9 heteroatoms. The molecule has 29 heavy (non-hydrogen) atoms. The predicted octanol–water partition coefficient (Wildman–Crippen LogP) is 3.27. The molecule has 0 spiro atoms. The van der Waals surface area contributed by atoms with Crippen molar-refractivity contribution in [2.75, 3.05) is 35.7 Å². The number of hydrogen-bond acceptors (Lipinski definition) is 8. The summed E-state index contributed by atoms with van der Waals surface area (Å²) in [6, 6.07) is 12.0. The highest BCUT2D eigenvalue weighted by molar-refractivity contribution is 7.13. The van der Waals surface area contributed by atoms with Crippen LogP contribution in [0.4, 0.5) is 16.6 Å². The average Bonchev–Trinajstić information content (AvgIpc) is 3.27. The molecule has 4 rings (SSSR count). The van der Waals surface area contributed by atoms with Gasteiger partial charge in [0.05, 0.1) is 12.7 Å². The lowest BCUT2D eigenvalue weighted by molar-refractivity contribution is 0.102. The Morgan fingerprint density at radius 3 is 3.00 bits per heavy atom. The molecule has 0 saturated carbocycles. The van der Waals surface area contributed by atoms with Crippen molar-refractivity contribution in [1.29, 1.82) is 0 Å². The Labute approximate surface area is 172 Å². The number of methoxy groups -OCH3 is 1. The van der Waals surface area contributed by atoms with E-state index >= 15 is 0 Å². The molecule has 3 heterocycles. The summed E-state index contributed by atoms with van der Waals surface area (Å²) in [5.41, 5.74) is 3.21. The second-order valence-electron chi connectivity index (χ2n) is 6.76. The van der Waals surface area contributed by atoms with Crippen molar-refractivity contribution < 1.29 is 9.53 Å². The van der Waals surface area contributed by atoms with Crippen LogP contribution < -0.4 is 20.3 Å². The summed E-state index contributed by atoms with van der Waals surface area (Å²) in [6.45, 7) is 1.90. The Morgan fingerprint density at radius 2 is 2.24 bits per heavy atom. The maximum atomic E-state index is 12.2. The summed E-state index contributed by atoms with van der Waals surface area (Å²) in [6.07, 6.45) is 3.74. The van der Waals surface area contributed by atoms with Crippen molar-refractivity contribution in [1.82, 2.24) is 15.2 Å². The lowest BCUT2D eigenvalue weighted by Gasteiger charge is -2.35. The Bertz CT molecular complexity index is 948. The van der Waals surface area contributed by atoms with Gasteiger partial charge in [-0.2, -0.15) is 0 Å². The van der Waals surface area contributed by atoms with Crippen molar-refractivity contribution in [2.24, 2.45) is 0 Å². The van der Waals surface area contributed by atoms with Gasteiger partial charge in [0.2, 0.25) is 5.13 Å². The molecule has 0 radical (unpaired) electrons. The molecule has 3 aromatic rings. The summed E-state index contributed by atoms with van der Waals surface area (Å²) in [5.74, 6) is 1.37. The maximum absolute atomic E-state index is 12.2. The molecule has 1 aliphatic rings. The molecule has 8 nitrogen and oxygen atoms in total. The molecule has 1 saturated heterocycles. The number of nitrogens with one attached hydrogen (secondary N) is 2. The highest BCUT2D eigenvalue weighted by Gasteiger charge is 2.21. The molecule has 1 unspecified atom stereocenters. The SMILES string of the molecule is COc1cccc(N2CCCC(Nc3ccc(C(=O)Nc4nncs4)cn3)C2)c1. The molecule has 1 amide bonds. The van der Waals surface area contributed by atoms with Gasteiger partial charge in [-0.15, -0.1) is 10.2 Å². The van der Waals surface area contributed by atoms with Crippen molar-refractivity contribution in [3.05, 3.63) is 53.7 Å². The number of nitrogens with zero attached hydrogens (tertiary/aromatic N) is 4. The molecule has 0 bridgehead atoms. The van der Waals surface area contributed by atoms with Gasteiger partial charge in [0.1, 0.15) is 17.1 Å². The second kappa shape index (κ2) is 8.87. The first-order valence-corrected chi connectivity index (χ1v) is 10.3. The van der Waals surface area contributed by atoms with E-state index in [0.717, 1.165) is 43.2 Å². The van der Waals surface area contributed by atoms with E-state index in [1.54, 1.807) is 24.9 Å². The molecular formula is C20H22N6O2S. The number of carbonyl (C=O) groups is 1. The van der Waals surface area contributed by atoms with E-state index in [0.29, 0.717) is 10.7 Å². The van der Waals surface area contributed by atoms with Crippen LogP contribution in [0, 0.1) is 0 Å². The van der Waals surface area contributed by atoms with Crippen LogP contribution in [0.15, 0.2) is 48.1 Å². The van der Waals surface area contributed by atoms with Gasteiger partial charge in [-0.25, -0.2) is 4.98 Å². The number of benzene rings is 1. The average molecular weight is 411 g/mol. The number of pyridine rings is 1. The molecule has 2 N–H and O–H groups in total. The normalized spacial score (nSPS) is 16.3. The fraction of sp³-hybridized carbons (Fsp3) is 0.300. The quantitative estimate of drug-likeness (QED) is 0.644. The zero-order valence-corrected chi connectivity index (χ0v) is 16.9. The van der Waals surface area contributed by atoms with Gasteiger partial charge in [-0.3, -0.25) is 10.1 Å². The lowest BCUT2D eigenvalue weighted by atomic mass is 10.0. The largest absolute Gasteiger partial charge is 0.497 e. The van der Waals surface area contributed by atoms with E-state index in [1.165, 1.54) is 11.3 Å². The predicted molar refractivity (Wildman–Crippen MR) is 114 cm³/mol. The standard InChI is InChI=1S/C20H22N6O2S/c1-28-17-6-2-5-16(10-17)26-9-3-4-15(12-26)23-18-8-7-14(11-21-18)19(27)24-20-25-22-13-29-20/h2,5-8,10-11,13,15H,3-4,9,12H2,1H3,(H,21,23)(H,24,25,27). The number of amides is 1. The van der Waals surface area contributed by atoms with Gasteiger partial charge in [-0.1, -0.05) is 17.4 Å². The van der Waals surface area contributed by atoms with Crippen LogP contribution in [0.25, 0.3) is 0 Å². The number of carbonyl (C=O) groups excluding carboxylic acids is 1. The number of piperidine rings is 1. The first-order chi connectivity index (χ1) is 14.2. The minimum atomic E-state index is -0.248. The number of hydrogen-bond donors (Lipinski definition) is 2. The van der Waals surface area contributed by atoms with Crippen molar-refractivity contribution >= 4 is 33.9 Å². The van der Waals surface area contributed by atoms with Crippen LogP contribution in [0.3, 0.4) is 0 Å². The molecule has 1 fully saturated rings. The summed E-state index contributed by atoms with van der Waals surface area (Å²) >= 11 is 1.27. The zero-order chi connectivity index (χ0) is 20.1. The van der Waals surface area contributed by atoms with Gasteiger partial charge < -0.3 is 15.0 Å². The Kier molecular flexibility index (Phi) is 5.85. The van der Waals surface area contributed by atoms with Crippen molar-refractivity contribution in [3.8, 4) is 5.75 Å². The molecular weight excluding hydrogens is 388 g/mol. The van der Waals surface area contributed by atoms with Gasteiger partial charge in [0.25, 0.3) is 5.91 Å². The van der Waals surface area contributed by atoms with E-state index in [4.69, 9.17) is 4.74 Å². The number of rotatable bonds is 6. The zero-order valence-electron chi connectivity index (χ0n) is 16.0. The van der Waals surface area contributed by atoms with E-state index in [1.807, 2.05) is 18.2 Å². The number of aromatic nitrogens is 3. The van der Waals surface area contributed by atoms with E-state index in [9.17, 15) is 4.79 Å². The first-order valence-electron chi connectivity index (χ1n) is 9.40. The molecule has 1 aromatic carbocycles. The molecule has 2 aromatic heterocycles. The van der Waals surface area contributed by atoms with E-state index in [2.05, 4.69) is 42.8 Å². The third-order valence-electron chi connectivity index (χ3n) is 4.80. The summed E-state index contributed by atoms with van der Waals surface area (Å²) in [5, 5.41) is 14.2. The lowest BCUT2D eigenvalue weighted by Crippen LogP contribution is -2.42. The number of anilines is 3. The van der Waals surface area contributed by atoms with Gasteiger partial charge in [0, 0.05) is 37.1 Å². The minimum absolute atomic E-state index is 0.248. The molecule has 150 valence electrons. The summed E-state index contributed by atoms with van der Waals surface area (Å²) in [7, 11) is 1.68. The van der Waals surface area contributed by atoms with Gasteiger partial charge in [0.15, 0.2) is 0 Å². The Balaban J connectivity index is 1.36. The fourth-order valence-electron chi connectivity index (χ4n) is 3.36. The molecule has 1 aliphatic heterocycles. The van der Waals surface area contributed by atoms with E-state index in [-0.39, 0.29) is 11.9 Å². The van der Waals surface area contributed by atoms with Crippen LogP contribution in [-0.2, 0) is 0 Å². The summed E-state index contributed by atoms with van der Waals surface area (Å²) < 4.78 is 5.34. The van der Waals surface area contributed by atoms with Gasteiger partial charge in [-0.05, 0) is 37.1 Å². The van der Waals surface area contributed by atoms with Gasteiger partial charge >= 0.3 is 0 Å². The Morgan fingerprint density at radius 1 is 1.31 bits per heavy atom. The van der Waals surface area contributed by atoms with Crippen LogP contribution in [0.2, 0.25) is 0 Å². The third kappa shape index (κ3) is 4.80. The Hall–Kier alpha value is -3.20. The smallest absolute Gasteiger partial charge is 0.259 e. The summed E-state index contributed by atoms with van der Waals surface area (Å²) in [4.78, 5) is 19.0. The monoisotopic (exact) mass is 410 g/mol. The van der Waals surface area contributed by atoms with Crippen LogP contribution in [-0.4, -0.2) is 47.3 Å². The van der Waals surface area contributed by atoms with Crippen LogP contribution in [0.5, 0.6) is 5.75 Å². The second-order valence-corrected chi connectivity index (χ2v) is 7.59. The molecule has 0 aliphatic carbocycles. The van der Waals surface area contributed by atoms with Crippen molar-refractivity contribution in [2.45, 2.75) is 18.9 Å². The van der Waals surface area contributed by atoms with Crippen LogP contribution >= 0.6 is 11.3 Å². The first kappa shape index (κ1) is 19.1. The highest BCUT2D eigenvalue weighted by atomic mass is 32.1. The highest BCUT2D eigenvalue weighted by Crippen LogP contribution is 2.25.